The lowest BCUT2D eigenvalue weighted by Crippen LogP contribution is -1.91. The number of rotatable bonds is 1. The van der Waals surface area contributed by atoms with Crippen LogP contribution in [-0.2, 0) is 0 Å². The third-order valence-corrected chi connectivity index (χ3v) is 3.13. The van der Waals surface area contributed by atoms with Crippen LogP contribution >= 0.6 is 11.6 Å². The summed E-state index contributed by atoms with van der Waals surface area (Å²) in [5.74, 6) is 0.425. The lowest BCUT2D eigenvalue weighted by molar-refractivity contribution is 0.446. The molecule has 1 fully saturated rings. The summed E-state index contributed by atoms with van der Waals surface area (Å²) in [6.07, 6.45) is 2.20. The number of anilines is 1. The first-order valence-corrected chi connectivity index (χ1v) is 5.37. The van der Waals surface area contributed by atoms with E-state index in [1.807, 2.05) is 6.07 Å². The van der Waals surface area contributed by atoms with Gasteiger partial charge in [0.2, 0.25) is 0 Å². The molecule has 2 N–H and O–H groups in total. The van der Waals surface area contributed by atoms with Crippen LogP contribution in [0.2, 0.25) is 5.02 Å². The zero-order chi connectivity index (χ0) is 11.3. The zero-order valence-electron chi connectivity index (χ0n) is 8.33. The van der Waals surface area contributed by atoms with E-state index in [0.29, 0.717) is 27.8 Å². The molecule has 0 spiro atoms. The SMILES string of the molecule is N#Cc1c(N)cc(Cl)c2c(C3CC3)noc12. The van der Waals surface area contributed by atoms with E-state index in [4.69, 9.17) is 27.1 Å². The van der Waals surface area contributed by atoms with Crippen molar-refractivity contribution in [1.29, 1.82) is 5.26 Å². The third-order valence-electron chi connectivity index (χ3n) is 2.83. The molecule has 0 bridgehead atoms. The fourth-order valence-corrected chi connectivity index (χ4v) is 2.17. The summed E-state index contributed by atoms with van der Waals surface area (Å²) in [5.41, 5.74) is 7.62. The van der Waals surface area contributed by atoms with Crippen molar-refractivity contribution in [3.63, 3.8) is 0 Å². The van der Waals surface area contributed by atoms with E-state index in [-0.39, 0.29) is 0 Å². The van der Waals surface area contributed by atoms with Gasteiger partial charge in [0.1, 0.15) is 11.6 Å². The smallest absolute Gasteiger partial charge is 0.188 e. The molecule has 1 heterocycles. The summed E-state index contributed by atoms with van der Waals surface area (Å²) in [7, 11) is 0. The molecule has 0 radical (unpaired) electrons. The lowest BCUT2D eigenvalue weighted by Gasteiger charge is -2.00. The molecule has 80 valence electrons. The summed E-state index contributed by atoms with van der Waals surface area (Å²) in [4.78, 5) is 0. The Balaban J connectivity index is 2.40. The summed E-state index contributed by atoms with van der Waals surface area (Å²) in [6, 6.07) is 3.61. The molecule has 1 aromatic carbocycles. The lowest BCUT2D eigenvalue weighted by atomic mass is 10.1. The molecule has 1 aliphatic carbocycles. The predicted molar refractivity (Wildman–Crippen MR) is 60.1 cm³/mol. The summed E-state index contributed by atoms with van der Waals surface area (Å²) in [5, 5.41) is 14.3. The number of nitriles is 1. The molecule has 3 rings (SSSR count). The second kappa shape index (κ2) is 3.13. The molecule has 0 aliphatic heterocycles. The molecular formula is C11H8ClN3O. The van der Waals surface area contributed by atoms with Gasteiger partial charge in [0.05, 0.1) is 21.8 Å². The van der Waals surface area contributed by atoms with Gasteiger partial charge in [0, 0.05) is 5.92 Å². The minimum Gasteiger partial charge on any atom is -0.397 e. The molecule has 1 saturated carbocycles. The number of nitrogens with two attached hydrogens (primary N) is 1. The molecule has 1 aromatic heterocycles. The van der Waals surface area contributed by atoms with Crippen LogP contribution in [-0.4, -0.2) is 5.16 Å². The first kappa shape index (κ1) is 9.49. The van der Waals surface area contributed by atoms with E-state index < -0.39 is 0 Å². The van der Waals surface area contributed by atoms with E-state index >= 15 is 0 Å². The quantitative estimate of drug-likeness (QED) is 0.769. The van der Waals surface area contributed by atoms with Crippen molar-refractivity contribution in [2.24, 2.45) is 0 Å². The summed E-state index contributed by atoms with van der Waals surface area (Å²) < 4.78 is 5.20. The highest BCUT2D eigenvalue weighted by atomic mass is 35.5. The molecule has 4 nitrogen and oxygen atoms in total. The highest BCUT2D eigenvalue weighted by Gasteiger charge is 2.31. The van der Waals surface area contributed by atoms with Crippen molar-refractivity contribution in [2.45, 2.75) is 18.8 Å². The van der Waals surface area contributed by atoms with Crippen LogP contribution in [0.4, 0.5) is 5.69 Å². The van der Waals surface area contributed by atoms with Crippen LogP contribution in [0.25, 0.3) is 11.0 Å². The van der Waals surface area contributed by atoms with Crippen LogP contribution in [0.3, 0.4) is 0 Å². The van der Waals surface area contributed by atoms with Gasteiger partial charge in [-0.3, -0.25) is 0 Å². The molecule has 5 heteroatoms. The number of benzene rings is 1. The minimum absolute atomic E-state index is 0.318. The van der Waals surface area contributed by atoms with Crippen molar-refractivity contribution in [3.05, 3.63) is 22.3 Å². The van der Waals surface area contributed by atoms with Crippen molar-refractivity contribution < 1.29 is 4.52 Å². The van der Waals surface area contributed by atoms with Crippen molar-refractivity contribution >= 4 is 28.3 Å². The van der Waals surface area contributed by atoms with Gasteiger partial charge in [0.15, 0.2) is 5.58 Å². The average Bonchev–Trinajstić information content (AvgIpc) is 2.99. The third kappa shape index (κ3) is 1.18. The van der Waals surface area contributed by atoms with Gasteiger partial charge >= 0.3 is 0 Å². The van der Waals surface area contributed by atoms with Gasteiger partial charge in [-0.1, -0.05) is 16.8 Å². The van der Waals surface area contributed by atoms with E-state index in [9.17, 15) is 0 Å². The highest BCUT2D eigenvalue weighted by molar-refractivity contribution is 6.36. The second-order valence-corrected chi connectivity index (χ2v) is 4.39. The monoisotopic (exact) mass is 233 g/mol. The topological polar surface area (TPSA) is 75.8 Å². The molecular weight excluding hydrogens is 226 g/mol. The molecule has 2 aromatic rings. The number of nitrogen functional groups attached to an aromatic ring is 1. The van der Waals surface area contributed by atoms with E-state index in [0.717, 1.165) is 23.9 Å². The van der Waals surface area contributed by atoms with Crippen LogP contribution < -0.4 is 5.73 Å². The van der Waals surface area contributed by atoms with Gasteiger partial charge in [-0.2, -0.15) is 5.26 Å². The summed E-state index contributed by atoms with van der Waals surface area (Å²) >= 11 is 6.12. The van der Waals surface area contributed by atoms with Crippen LogP contribution in [0, 0.1) is 11.3 Å². The maximum atomic E-state index is 9.01. The first-order chi connectivity index (χ1) is 7.72. The number of halogens is 1. The van der Waals surface area contributed by atoms with E-state index in [1.54, 1.807) is 6.07 Å². The number of hydrogen-bond donors (Lipinski definition) is 1. The normalized spacial score (nSPS) is 15.2. The second-order valence-electron chi connectivity index (χ2n) is 3.98. The fraction of sp³-hybridized carbons (Fsp3) is 0.273. The Labute approximate surface area is 96.6 Å². The predicted octanol–water partition coefficient (Wildman–Crippen LogP) is 2.81. The van der Waals surface area contributed by atoms with Crippen molar-refractivity contribution in [2.75, 3.05) is 5.73 Å². The van der Waals surface area contributed by atoms with Crippen LogP contribution in [0.5, 0.6) is 0 Å². The van der Waals surface area contributed by atoms with Gasteiger partial charge in [0.25, 0.3) is 0 Å². The standard InChI is InChI=1S/C11H8ClN3O/c12-7-3-8(14)6(4-13)11-9(7)10(15-16-11)5-1-2-5/h3,5H,1-2,14H2. The van der Waals surface area contributed by atoms with E-state index in [1.165, 1.54) is 0 Å². The summed E-state index contributed by atoms with van der Waals surface area (Å²) in [6.45, 7) is 0. The van der Waals surface area contributed by atoms with Crippen molar-refractivity contribution in [1.82, 2.24) is 5.16 Å². The number of hydrogen-bond acceptors (Lipinski definition) is 4. The Morgan fingerprint density at radius 3 is 2.94 bits per heavy atom. The highest BCUT2D eigenvalue weighted by Crippen LogP contribution is 2.45. The van der Waals surface area contributed by atoms with Crippen molar-refractivity contribution in [3.8, 4) is 6.07 Å². The maximum Gasteiger partial charge on any atom is 0.188 e. The zero-order valence-corrected chi connectivity index (χ0v) is 9.08. The minimum atomic E-state index is 0.318. The van der Waals surface area contributed by atoms with Crippen LogP contribution in [0.1, 0.15) is 30.0 Å². The molecule has 16 heavy (non-hydrogen) atoms. The number of fused-ring (bicyclic) bond motifs is 1. The Morgan fingerprint density at radius 2 is 2.31 bits per heavy atom. The van der Waals surface area contributed by atoms with Gasteiger partial charge in [-0.25, -0.2) is 0 Å². The first-order valence-electron chi connectivity index (χ1n) is 4.99. The molecule has 0 saturated heterocycles. The number of aromatic nitrogens is 1. The Morgan fingerprint density at radius 1 is 1.56 bits per heavy atom. The maximum absolute atomic E-state index is 9.01. The molecule has 0 amide bonds. The largest absolute Gasteiger partial charge is 0.397 e. The van der Waals surface area contributed by atoms with Gasteiger partial charge in [-0.05, 0) is 18.9 Å². The Kier molecular flexibility index (Phi) is 1.86. The molecule has 1 aliphatic rings. The van der Waals surface area contributed by atoms with Crippen LogP contribution in [0.15, 0.2) is 10.6 Å². The van der Waals surface area contributed by atoms with E-state index in [2.05, 4.69) is 5.16 Å². The molecule has 0 atom stereocenters. The Hall–Kier alpha value is -1.73. The Bertz CT molecular complexity index is 622. The van der Waals surface area contributed by atoms with Gasteiger partial charge < -0.3 is 10.3 Å². The average molecular weight is 234 g/mol. The number of nitrogens with zero attached hydrogens (tertiary/aromatic N) is 2. The molecule has 0 unspecified atom stereocenters. The fourth-order valence-electron chi connectivity index (χ4n) is 1.87. The van der Waals surface area contributed by atoms with Gasteiger partial charge in [-0.15, -0.1) is 0 Å².